The molecule has 0 fully saturated rings. The lowest BCUT2D eigenvalue weighted by Crippen LogP contribution is -2.28. The van der Waals surface area contributed by atoms with Gasteiger partial charge in [0, 0.05) is 38.7 Å². The highest BCUT2D eigenvalue weighted by Crippen LogP contribution is 2.13. The molecule has 0 spiro atoms. The van der Waals surface area contributed by atoms with Gasteiger partial charge in [-0.05, 0) is 23.8 Å². The molecule has 3 rings (SSSR count). The number of aromatic nitrogens is 4. The summed E-state index contributed by atoms with van der Waals surface area (Å²) in [4.78, 5) is 22.3. The smallest absolute Gasteiger partial charge is 0.319 e. The van der Waals surface area contributed by atoms with Gasteiger partial charge in [0.2, 0.25) is 5.95 Å². The van der Waals surface area contributed by atoms with Crippen molar-refractivity contribution in [3.05, 3.63) is 60.7 Å². The quantitative estimate of drug-likeness (QED) is 0.744. The van der Waals surface area contributed by atoms with E-state index in [0.717, 1.165) is 11.3 Å². The summed E-state index contributed by atoms with van der Waals surface area (Å²) in [6.07, 6.45) is 6.46. The first-order chi connectivity index (χ1) is 12.1. The minimum Gasteiger partial charge on any atom is -0.378 e. The highest BCUT2D eigenvalue weighted by atomic mass is 16.2. The molecular weight excluding hydrogens is 318 g/mol. The van der Waals surface area contributed by atoms with E-state index >= 15 is 0 Å². The Labute approximate surface area is 145 Å². The third-order valence-corrected chi connectivity index (χ3v) is 3.48. The van der Waals surface area contributed by atoms with Crippen molar-refractivity contribution in [2.45, 2.75) is 6.54 Å². The van der Waals surface area contributed by atoms with Crippen LogP contribution < -0.4 is 15.5 Å². The normalized spacial score (nSPS) is 10.3. The van der Waals surface area contributed by atoms with Gasteiger partial charge in [-0.1, -0.05) is 12.1 Å². The molecule has 0 aliphatic heterocycles. The van der Waals surface area contributed by atoms with E-state index in [1.165, 1.54) is 4.68 Å². The van der Waals surface area contributed by atoms with Crippen LogP contribution >= 0.6 is 0 Å². The summed E-state index contributed by atoms with van der Waals surface area (Å²) in [6, 6.07) is 9.41. The molecule has 3 aromatic rings. The minimum atomic E-state index is -0.302. The van der Waals surface area contributed by atoms with Crippen molar-refractivity contribution in [3.8, 4) is 5.95 Å². The number of nitrogens with zero attached hydrogens (tertiary/aromatic N) is 5. The van der Waals surface area contributed by atoms with E-state index in [9.17, 15) is 4.79 Å². The van der Waals surface area contributed by atoms with Gasteiger partial charge in [-0.25, -0.2) is 19.4 Å². The molecule has 1 aromatic carbocycles. The lowest BCUT2D eigenvalue weighted by atomic mass is 10.2. The summed E-state index contributed by atoms with van der Waals surface area (Å²) in [6.45, 7) is 0.434. The molecule has 25 heavy (non-hydrogen) atoms. The number of nitrogens with one attached hydrogen (secondary N) is 2. The Bertz CT molecular complexity index is 845. The number of urea groups is 1. The predicted octanol–water partition coefficient (Wildman–Crippen LogP) is 2.05. The molecule has 0 aliphatic rings. The third-order valence-electron chi connectivity index (χ3n) is 3.48. The molecule has 0 saturated carbocycles. The molecular formula is C17H19N7O. The van der Waals surface area contributed by atoms with Crippen molar-refractivity contribution in [3.63, 3.8) is 0 Å². The zero-order chi connectivity index (χ0) is 17.6. The second kappa shape index (κ2) is 7.43. The van der Waals surface area contributed by atoms with Crippen LogP contribution in [0.4, 0.5) is 16.2 Å². The van der Waals surface area contributed by atoms with E-state index in [4.69, 9.17) is 0 Å². The highest BCUT2D eigenvalue weighted by Gasteiger charge is 2.06. The van der Waals surface area contributed by atoms with E-state index in [1.807, 2.05) is 43.3 Å². The van der Waals surface area contributed by atoms with E-state index in [0.29, 0.717) is 18.2 Å². The highest BCUT2D eigenvalue weighted by molar-refractivity contribution is 5.88. The first-order valence-electron chi connectivity index (χ1n) is 7.75. The first-order valence-corrected chi connectivity index (χ1v) is 7.75. The number of carbonyl (C=O) groups is 1. The van der Waals surface area contributed by atoms with Gasteiger partial charge in [-0.15, -0.1) is 0 Å². The summed E-state index contributed by atoms with van der Waals surface area (Å²) in [5.74, 6) is 0.441. The Morgan fingerprint density at radius 1 is 1.20 bits per heavy atom. The summed E-state index contributed by atoms with van der Waals surface area (Å²) in [7, 11) is 3.96. The van der Waals surface area contributed by atoms with Crippen molar-refractivity contribution in [2.75, 3.05) is 24.3 Å². The largest absolute Gasteiger partial charge is 0.378 e. The van der Waals surface area contributed by atoms with Gasteiger partial charge in [0.15, 0.2) is 0 Å². The van der Waals surface area contributed by atoms with Gasteiger partial charge in [0.1, 0.15) is 0 Å². The Hall–Kier alpha value is -3.42. The summed E-state index contributed by atoms with van der Waals surface area (Å²) >= 11 is 0. The molecule has 0 atom stereocenters. The zero-order valence-electron chi connectivity index (χ0n) is 14.0. The van der Waals surface area contributed by atoms with Crippen LogP contribution in [0.5, 0.6) is 0 Å². The molecule has 0 aliphatic carbocycles. The number of hydrogen-bond acceptors (Lipinski definition) is 5. The summed E-state index contributed by atoms with van der Waals surface area (Å²) < 4.78 is 1.50. The average molecular weight is 337 g/mol. The fourth-order valence-corrected chi connectivity index (χ4v) is 2.21. The molecule has 2 N–H and O–H groups in total. The Balaban J connectivity index is 1.56. The molecule has 0 bridgehead atoms. The van der Waals surface area contributed by atoms with Crippen LogP contribution in [0, 0.1) is 0 Å². The number of amides is 2. The van der Waals surface area contributed by atoms with Crippen molar-refractivity contribution in [2.24, 2.45) is 0 Å². The van der Waals surface area contributed by atoms with Crippen LogP contribution in [0.15, 0.2) is 55.1 Å². The number of benzene rings is 1. The number of hydrogen-bond donors (Lipinski definition) is 2. The molecule has 8 nitrogen and oxygen atoms in total. The molecule has 2 heterocycles. The fraction of sp³-hybridized carbons (Fsp3) is 0.176. The van der Waals surface area contributed by atoms with Gasteiger partial charge in [-0.2, -0.15) is 5.10 Å². The SMILES string of the molecule is CN(C)c1cccc(CNC(=O)Nc2cnn(-c3ncccn3)c2)c1. The Morgan fingerprint density at radius 2 is 2.00 bits per heavy atom. The third kappa shape index (κ3) is 4.31. The van der Waals surface area contributed by atoms with Crippen molar-refractivity contribution < 1.29 is 4.79 Å². The Kier molecular flexibility index (Phi) is 4.89. The first kappa shape index (κ1) is 16.4. The maximum atomic E-state index is 12.0. The van der Waals surface area contributed by atoms with Crippen LogP contribution in [-0.2, 0) is 6.54 Å². The number of carbonyl (C=O) groups excluding carboxylic acids is 1. The molecule has 2 amide bonds. The molecule has 0 unspecified atom stereocenters. The predicted molar refractivity (Wildman–Crippen MR) is 95.8 cm³/mol. The Morgan fingerprint density at radius 3 is 2.76 bits per heavy atom. The van der Waals surface area contributed by atoms with Crippen LogP contribution in [0.3, 0.4) is 0 Å². The summed E-state index contributed by atoms with van der Waals surface area (Å²) in [5, 5.41) is 9.70. The van der Waals surface area contributed by atoms with Crippen LogP contribution in [0.1, 0.15) is 5.56 Å². The minimum absolute atomic E-state index is 0.302. The van der Waals surface area contributed by atoms with Gasteiger partial charge in [0.05, 0.1) is 18.1 Å². The van der Waals surface area contributed by atoms with Crippen molar-refractivity contribution in [1.82, 2.24) is 25.1 Å². The monoisotopic (exact) mass is 337 g/mol. The van der Waals surface area contributed by atoms with E-state index < -0.39 is 0 Å². The fourth-order valence-electron chi connectivity index (χ4n) is 2.21. The van der Waals surface area contributed by atoms with E-state index in [1.54, 1.807) is 30.9 Å². The van der Waals surface area contributed by atoms with Gasteiger partial charge in [-0.3, -0.25) is 0 Å². The van der Waals surface area contributed by atoms with Gasteiger partial charge >= 0.3 is 6.03 Å². The van der Waals surface area contributed by atoms with E-state index in [-0.39, 0.29) is 6.03 Å². The molecule has 0 radical (unpaired) electrons. The van der Waals surface area contributed by atoms with Crippen LogP contribution in [0.25, 0.3) is 5.95 Å². The molecule has 2 aromatic heterocycles. The van der Waals surface area contributed by atoms with Gasteiger partial charge in [0.25, 0.3) is 0 Å². The molecule has 128 valence electrons. The van der Waals surface area contributed by atoms with E-state index in [2.05, 4.69) is 25.7 Å². The van der Waals surface area contributed by atoms with Crippen LogP contribution in [-0.4, -0.2) is 39.9 Å². The second-order valence-electron chi connectivity index (χ2n) is 5.59. The lowest BCUT2D eigenvalue weighted by molar-refractivity contribution is 0.251. The zero-order valence-corrected chi connectivity index (χ0v) is 14.0. The lowest BCUT2D eigenvalue weighted by Gasteiger charge is -2.14. The van der Waals surface area contributed by atoms with Crippen LogP contribution in [0.2, 0.25) is 0 Å². The van der Waals surface area contributed by atoms with Crippen molar-refractivity contribution in [1.29, 1.82) is 0 Å². The second-order valence-corrected chi connectivity index (χ2v) is 5.59. The topological polar surface area (TPSA) is 88.0 Å². The summed E-state index contributed by atoms with van der Waals surface area (Å²) in [5.41, 5.74) is 2.67. The number of anilines is 2. The van der Waals surface area contributed by atoms with Gasteiger partial charge < -0.3 is 15.5 Å². The number of rotatable bonds is 5. The molecule has 0 saturated heterocycles. The van der Waals surface area contributed by atoms with Crippen molar-refractivity contribution >= 4 is 17.4 Å². The maximum absolute atomic E-state index is 12.0. The molecule has 8 heteroatoms. The standard InChI is InChI=1S/C17H19N7O/c1-23(2)15-6-3-5-13(9-15)10-20-17(25)22-14-11-21-24(12-14)16-18-7-4-8-19-16/h3-9,11-12H,10H2,1-2H3,(H2,20,22,25). The maximum Gasteiger partial charge on any atom is 0.319 e. The average Bonchev–Trinajstić information content (AvgIpc) is 3.09.